The minimum Gasteiger partial charge on any atom is -0.481 e. The lowest BCUT2D eigenvalue weighted by Gasteiger charge is -2.33. The second kappa shape index (κ2) is 6.34. The van der Waals surface area contributed by atoms with Gasteiger partial charge in [0.2, 0.25) is 5.91 Å². The molecule has 0 bridgehead atoms. The molecule has 1 N–H and O–H groups in total. The highest BCUT2D eigenvalue weighted by molar-refractivity contribution is 5.97. The fourth-order valence-corrected chi connectivity index (χ4v) is 3.55. The van der Waals surface area contributed by atoms with Crippen LogP contribution in [0.5, 0.6) is 0 Å². The van der Waals surface area contributed by atoms with E-state index >= 15 is 0 Å². The molecule has 0 aliphatic carbocycles. The Labute approximate surface area is 127 Å². The van der Waals surface area contributed by atoms with E-state index in [0.29, 0.717) is 19.1 Å². The highest BCUT2D eigenvalue weighted by Gasteiger charge is 2.42. The van der Waals surface area contributed by atoms with Crippen LogP contribution in [0.2, 0.25) is 0 Å². The van der Waals surface area contributed by atoms with Crippen molar-refractivity contribution >= 4 is 11.9 Å². The van der Waals surface area contributed by atoms with Crippen molar-refractivity contribution in [2.75, 3.05) is 26.2 Å². The zero-order chi connectivity index (χ0) is 15.6. The third-order valence-corrected chi connectivity index (χ3v) is 4.74. The van der Waals surface area contributed by atoms with Crippen molar-refractivity contribution in [1.29, 1.82) is 0 Å². The van der Waals surface area contributed by atoms with Crippen LogP contribution >= 0.6 is 0 Å². The summed E-state index contributed by atoms with van der Waals surface area (Å²) in [4.78, 5) is 28.3. The predicted octanol–water partition coefficient (Wildman–Crippen LogP) is 1.82. The quantitative estimate of drug-likeness (QED) is 0.807. The first-order chi connectivity index (χ1) is 9.80. The van der Waals surface area contributed by atoms with E-state index in [1.165, 1.54) is 19.3 Å². The van der Waals surface area contributed by atoms with Gasteiger partial charge in [0.05, 0.1) is 0 Å². The molecule has 1 amide bonds. The van der Waals surface area contributed by atoms with Crippen LogP contribution in [0.3, 0.4) is 0 Å². The third kappa shape index (κ3) is 3.76. The minimum atomic E-state index is -1.01. The summed E-state index contributed by atoms with van der Waals surface area (Å²) >= 11 is 0. The summed E-state index contributed by atoms with van der Waals surface area (Å²) < 4.78 is 0. The number of hydrogen-bond acceptors (Lipinski definition) is 3. The Kier molecular flexibility index (Phi) is 4.91. The summed E-state index contributed by atoms with van der Waals surface area (Å²) in [6.07, 6.45) is 4.76. The number of nitrogens with zero attached hydrogens (tertiary/aromatic N) is 2. The number of amides is 1. The predicted molar refractivity (Wildman–Crippen MR) is 81.0 cm³/mol. The Bertz CT molecular complexity index is 397. The number of carboxylic acid groups (broad SMARTS) is 1. The minimum absolute atomic E-state index is 0.213. The van der Waals surface area contributed by atoms with Gasteiger partial charge >= 0.3 is 5.97 Å². The Morgan fingerprint density at radius 1 is 1.10 bits per heavy atom. The van der Waals surface area contributed by atoms with Crippen molar-refractivity contribution in [3.8, 4) is 0 Å². The first-order valence-corrected chi connectivity index (χ1v) is 8.06. The van der Waals surface area contributed by atoms with Crippen LogP contribution in [-0.4, -0.2) is 59.0 Å². The number of piperidine rings is 1. The van der Waals surface area contributed by atoms with Gasteiger partial charge in [0.25, 0.3) is 0 Å². The maximum atomic E-state index is 12.6. The molecule has 2 heterocycles. The SMILES string of the molecule is CC(C)(C)C(C(=O)O)C(=O)N1CCC(N2CCCCC2)C1. The number of hydrogen-bond donors (Lipinski definition) is 1. The number of carboxylic acids is 1. The van der Waals surface area contributed by atoms with E-state index in [9.17, 15) is 14.7 Å². The van der Waals surface area contributed by atoms with Gasteiger partial charge in [-0.05, 0) is 37.8 Å². The van der Waals surface area contributed by atoms with E-state index in [1.54, 1.807) is 4.90 Å². The number of carbonyl (C=O) groups is 2. The van der Waals surface area contributed by atoms with Gasteiger partial charge in [-0.3, -0.25) is 14.5 Å². The molecule has 5 nitrogen and oxygen atoms in total. The Morgan fingerprint density at radius 3 is 2.24 bits per heavy atom. The van der Waals surface area contributed by atoms with Crippen molar-refractivity contribution in [2.45, 2.75) is 52.5 Å². The molecular weight excluding hydrogens is 268 g/mol. The molecule has 5 heteroatoms. The van der Waals surface area contributed by atoms with Crippen molar-refractivity contribution in [2.24, 2.45) is 11.3 Å². The average molecular weight is 296 g/mol. The van der Waals surface area contributed by atoms with Gasteiger partial charge < -0.3 is 10.0 Å². The largest absolute Gasteiger partial charge is 0.481 e. The first-order valence-electron chi connectivity index (χ1n) is 8.06. The lowest BCUT2D eigenvalue weighted by molar-refractivity contribution is -0.155. The topological polar surface area (TPSA) is 60.9 Å². The molecule has 0 aromatic rings. The summed E-state index contributed by atoms with van der Waals surface area (Å²) in [5.74, 6) is -2.17. The number of rotatable bonds is 3. The Balaban J connectivity index is 1.99. The Morgan fingerprint density at radius 2 is 1.71 bits per heavy atom. The van der Waals surface area contributed by atoms with Gasteiger partial charge in [0, 0.05) is 19.1 Å². The highest BCUT2D eigenvalue weighted by atomic mass is 16.4. The van der Waals surface area contributed by atoms with E-state index < -0.39 is 17.3 Å². The summed E-state index contributed by atoms with van der Waals surface area (Å²) in [6, 6.07) is 0.420. The molecule has 0 aromatic heterocycles. The van der Waals surface area contributed by atoms with Gasteiger partial charge in [0.15, 0.2) is 0 Å². The molecule has 2 unspecified atom stereocenters. The molecule has 2 aliphatic heterocycles. The van der Waals surface area contributed by atoms with Crippen LogP contribution in [0.4, 0.5) is 0 Å². The first kappa shape index (κ1) is 16.3. The molecule has 120 valence electrons. The number of carbonyl (C=O) groups excluding carboxylic acids is 1. The summed E-state index contributed by atoms with van der Waals surface area (Å²) in [6.45, 7) is 9.09. The van der Waals surface area contributed by atoms with E-state index in [1.807, 2.05) is 20.8 Å². The van der Waals surface area contributed by atoms with Crippen LogP contribution in [0.15, 0.2) is 0 Å². The molecule has 21 heavy (non-hydrogen) atoms. The molecular formula is C16H28N2O3. The second-order valence-corrected chi connectivity index (χ2v) is 7.46. The van der Waals surface area contributed by atoms with Gasteiger partial charge in [-0.2, -0.15) is 0 Å². The number of likely N-dealkylation sites (tertiary alicyclic amines) is 2. The number of aliphatic carboxylic acids is 1. The zero-order valence-corrected chi connectivity index (χ0v) is 13.5. The van der Waals surface area contributed by atoms with Crippen LogP contribution in [-0.2, 0) is 9.59 Å². The second-order valence-electron chi connectivity index (χ2n) is 7.46. The van der Waals surface area contributed by atoms with Gasteiger partial charge in [0.1, 0.15) is 5.92 Å². The monoisotopic (exact) mass is 296 g/mol. The molecule has 2 fully saturated rings. The molecule has 2 aliphatic rings. The standard InChI is InChI=1S/C16H28N2O3/c1-16(2,3)13(15(20)21)14(19)18-10-7-12(11-18)17-8-5-4-6-9-17/h12-13H,4-11H2,1-3H3,(H,20,21). The third-order valence-electron chi connectivity index (χ3n) is 4.74. The maximum Gasteiger partial charge on any atom is 0.316 e. The summed E-state index contributed by atoms with van der Waals surface area (Å²) in [7, 11) is 0. The van der Waals surface area contributed by atoms with E-state index in [-0.39, 0.29) is 5.91 Å². The fourth-order valence-electron chi connectivity index (χ4n) is 3.55. The Hall–Kier alpha value is -1.10. The van der Waals surface area contributed by atoms with Crippen LogP contribution < -0.4 is 0 Å². The van der Waals surface area contributed by atoms with E-state index in [2.05, 4.69) is 4.90 Å². The van der Waals surface area contributed by atoms with E-state index in [0.717, 1.165) is 19.5 Å². The normalized spacial score (nSPS) is 25.9. The van der Waals surface area contributed by atoms with Crippen LogP contribution in [0, 0.1) is 11.3 Å². The van der Waals surface area contributed by atoms with Crippen LogP contribution in [0.25, 0.3) is 0 Å². The average Bonchev–Trinajstić information content (AvgIpc) is 2.87. The summed E-state index contributed by atoms with van der Waals surface area (Å²) in [5.41, 5.74) is -0.549. The lowest BCUT2D eigenvalue weighted by atomic mass is 9.80. The van der Waals surface area contributed by atoms with Crippen LogP contribution in [0.1, 0.15) is 46.5 Å². The molecule has 0 saturated carbocycles. The van der Waals surface area contributed by atoms with Crippen molar-refractivity contribution in [1.82, 2.24) is 9.80 Å². The highest BCUT2D eigenvalue weighted by Crippen LogP contribution is 2.30. The molecule has 0 aromatic carbocycles. The molecule has 0 spiro atoms. The lowest BCUT2D eigenvalue weighted by Crippen LogP contribution is -2.46. The van der Waals surface area contributed by atoms with Crippen molar-refractivity contribution < 1.29 is 14.7 Å². The maximum absolute atomic E-state index is 12.6. The van der Waals surface area contributed by atoms with Crippen molar-refractivity contribution in [3.63, 3.8) is 0 Å². The van der Waals surface area contributed by atoms with Gasteiger partial charge in [-0.15, -0.1) is 0 Å². The smallest absolute Gasteiger partial charge is 0.316 e. The molecule has 2 rings (SSSR count). The van der Waals surface area contributed by atoms with Gasteiger partial charge in [-0.25, -0.2) is 0 Å². The fraction of sp³-hybridized carbons (Fsp3) is 0.875. The zero-order valence-electron chi connectivity index (χ0n) is 13.5. The molecule has 0 radical (unpaired) electrons. The van der Waals surface area contributed by atoms with E-state index in [4.69, 9.17) is 0 Å². The van der Waals surface area contributed by atoms with Gasteiger partial charge in [-0.1, -0.05) is 27.2 Å². The molecule has 2 atom stereocenters. The van der Waals surface area contributed by atoms with Crippen molar-refractivity contribution in [3.05, 3.63) is 0 Å². The summed E-state index contributed by atoms with van der Waals surface area (Å²) in [5, 5.41) is 9.40. The molecule has 2 saturated heterocycles.